The second-order valence-electron chi connectivity index (χ2n) is 11.9. The summed E-state index contributed by atoms with van der Waals surface area (Å²) in [4.78, 5) is 50.8. The fourth-order valence-electron chi connectivity index (χ4n) is 6.08. The monoisotopic (exact) mass is 648 g/mol. The molecule has 9 nitrogen and oxygen atoms in total. The van der Waals surface area contributed by atoms with Crippen molar-refractivity contribution in [2.75, 3.05) is 37.4 Å². The Balaban J connectivity index is 1.53. The molecule has 2 aliphatic rings. The van der Waals surface area contributed by atoms with Crippen molar-refractivity contribution in [3.8, 4) is 10.6 Å². The quantitative estimate of drug-likeness (QED) is 0.326. The Bertz CT molecular complexity index is 1620. The number of pyridine rings is 1. The Hall–Kier alpha value is -3.78. The number of amides is 2. The Morgan fingerprint density at radius 1 is 1.09 bits per heavy atom. The van der Waals surface area contributed by atoms with Crippen LogP contribution in [0.1, 0.15) is 71.5 Å². The standard InChI is InChI=1S/C31H36F4N6O3S/c1-17-15-41(16-18(2)39(17)3)25-12-23(32)20(29-37-14-26(45-29)30(44)40(4)19-8-6-5-7-9-19)10-24(25)38-28(43)21-13-36-27(42)11-22(21)31(33,34)35/h10-14,17-19H,5-9,15-16H2,1-4H3,(H,36,42)(H,38,43). The Morgan fingerprint density at radius 2 is 1.76 bits per heavy atom. The zero-order chi connectivity index (χ0) is 32.6. The van der Waals surface area contributed by atoms with Crippen LogP contribution in [0.4, 0.5) is 28.9 Å². The first kappa shape index (κ1) is 32.6. The normalized spacial score (nSPS) is 19.9. The molecule has 45 heavy (non-hydrogen) atoms. The van der Waals surface area contributed by atoms with Crippen LogP contribution in [0.2, 0.25) is 0 Å². The number of rotatable bonds is 6. The third-order valence-electron chi connectivity index (χ3n) is 8.90. The van der Waals surface area contributed by atoms with Gasteiger partial charge in [-0.15, -0.1) is 11.3 Å². The number of nitrogens with zero attached hydrogens (tertiary/aromatic N) is 4. The van der Waals surface area contributed by atoms with Crippen LogP contribution in [0.5, 0.6) is 0 Å². The highest BCUT2D eigenvalue weighted by Gasteiger charge is 2.36. The molecular formula is C31H36F4N6O3S. The average Bonchev–Trinajstić information content (AvgIpc) is 3.49. The van der Waals surface area contributed by atoms with Crippen molar-refractivity contribution >= 4 is 34.5 Å². The van der Waals surface area contributed by atoms with Crippen molar-refractivity contribution in [3.05, 3.63) is 62.8 Å². The van der Waals surface area contributed by atoms with Crippen molar-refractivity contribution in [2.45, 2.75) is 70.3 Å². The van der Waals surface area contributed by atoms with Crippen LogP contribution >= 0.6 is 11.3 Å². The van der Waals surface area contributed by atoms with E-state index in [0.717, 1.165) is 43.4 Å². The number of aromatic amines is 1. The number of piperazine rings is 1. The second kappa shape index (κ2) is 12.9. The number of nitrogens with one attached hydrogen (secondary N) is 2. The van der Waals surface area contributed by atoms with E-state index in [9.17, 15) is 27.6 Å². The smallest absolute Gasteiger partial charge is 0.367 e. The van der Waals surface area contributed by atoms with Crippen molar-refractivity contribution in [3.63, 3.8) is 0 Å². The summed E-state index contributed by atoms with van der Waals surface area (Å²) in [6, 6.07) is 3.15. The number of hydrogen-bond acceptors (Lipinski definition) is 7. The third kappa shape index (κ3) is 6.91. The van der Waals surface area contributed by atoms with Crippen LogP contribution in [0.3, 0.4) is 0 Å². The highest BCUT2D eigenvalue weighted by molar-refractivity contribution is 7.16. The van der Waals surface area contributed by atoms with E-state index >= 15 is 4.39 Å². The molecule has 2 amide bonds. The molecule has 242 valence electrons. The number of hydrogen-bond donors (Lipinski definition) is 2. The van der Waals surface area contributed by atoms with Gasteiger partial charge in [0.1, 0.15) is 15.7 Å². The van der Waals surface area contributed by atoms with Crippen molar-refractivity contribution < 1.29 is 27.2 Å². The minimum atomic E-state index is -4.96. The van der Waals surface area contributed by atoms with E-state index in [1.165, 1.54) is 18.3 Å². The van der Waals surface area contributed by atoms with Gasteiger partial charge >= 0.3 is 6.18 Å². The van der Waals surface area contributed by atoms with E-state index in [2.05, 4.69) is 20.2 Å². The van der Waals surface area contributed by atoms with Gasteiger partial charge in [-0.2, -0.15) is 13.2 Å². The number of carbonyl (C=O) groups excluding carboxylic acids is 2. The third-order valence-corrected chi connectivity index (χ3v) is 9.92. The van der Waals surface area contributed by atoms with E-state index in [1.54, 1.807) is 11.9 Å². The van der Waals surface area contributed by atoms with Crippen LogP contribution in [0.25, 0.3) is 10.6 Å². The van der Waals surface area contributed by atoms with Crippen molar-refractivity contribution in [1.82, 2.24) is 19.8 Å². The van der Waals surface area contributed by atoms with Gasteiger partial charge in [-0.25, -0.2) is 9.37 Å². The van der Waals surface area contributed by atoms with Gasteiger partial charge in [0.05, 0.1) is 28.7 Å². The second-order valence-corrected chi connectivity index (χ2v) is 13.0. The maximum absolute atomic E-state index is 15.9. The van der Waals surface area contributed by atoms with Gasteiger partial charge in [0.15, 0.2) is 0 Å². The molecule has 1 saturated heterocycles. The van der Waals surface area contributed by atoms with Gasteiger partial charge in [-0.1, -0.05) is 19.3 Å². The summed E-state index contributed by atoms with van der Waals surface area (Å²) in [7, 11) is 3.73. The molecule has 3 heterocycles. The molecule has 3 aromatic rings. The topological polar surface area (TPSA) is 102 Å². The maximum Gasteiger partial charge on any atom is 0.417 e. The lowest BCUT2D eigenvalue weighted by atomic mass is 9.94. The molecule has 0 spiro atoms. The minimum absolute atomic E-state index is 0.00819. The summed E-state index contributed by atoms with van der Waals surface area (Å²) in [6.07, 6.45) is 2.23. The lowest BCUT2D eigenvalue weighted by Gasteiger charge is -2.44. The fraction of sp³-hybridized carbons (Fsp3) is 0.484. The molecule has 5 rings (SSSR count). The number of carbonyl (C=O) groups is 2. The SMILES string of the molecule is CC1CN(c2cc(F)c(-c3ncc(C(=O)N(C)C4CCCCC4)s3)cc2NC(=O)c2c[nH]c(=O)cc2C(F)(F)F)CC(C)N1C. The molecule has 1 saturated carbocycles. The lowest BCUT2D eigenvalue weighted by Crippen LogP contribution is -2.55. The van der Waals surface area contributed by atoms with Gasteiger partial charge in [0.2, 0.25) is 5.56 Å². The van der Waals surface area contributed by atoms with Crippen LogP contribution in [-0.4, -0.2) is 76.9 Å². The van der Waals surface area contributed by atoms with Crippen LogP contribution in [0, 0.1) is 5.82 Å². The summed E-state index contributed by atoms with van der Waals surface area (Å²) in [5, 5.41) is 2.73. The summed E-state index contributed by atoms with van der Waals surface area (Å²) in [5.41, 5.74) is -2.83. The molecule has 2 unspecified atom stereocenters. The number of anilines is 2. The van der Waals surface area contributed by atoms with Gasteiger partial charge in [0.25, 0.3) is 11.8 Å². The zero-order valence-electron chi connectivity index (χ0n) is 25.5. The number of halogens is 4. The number of likely N-dealkylation sites (N-methyl/N-ethyl adjacent to an activating group) is 1. The summed E-state index contributed by atoms with van der Waals surface area (Å²) >= 11 is 1.01. The molecule has 0 bridgehead atoms. The van der Waals surface area contributed by atoms with E-state index in [1.807, 2.05) is 25.8 Å². The molecule has 1 aromatic carbocycles. The lowest BCUT2D eigenvalue weighted by molar-refractivity contribution is -0.138. The number of benzene rings is 1. The highest BCUT2D eigenvalue weighted by Crippen LogP contribution is 2.38. The summed E-state index contributed by atoms with van der Waals surface area (Å²) < 4.78 is 57.2. The van der Waals surface area contributed by atoms with Crippen molar-refractivity contribution in [1.29, 1.82) is 0 Å². The molecule has 14 heteroatoms. The molecule has 0 radical (unpaired) electrons. The number of alkyl halides is 3. The molecule has 1 aliphatic heterocycles. The first-order valence-corrected chi connectivity index (χ1v) is 15.7. The zero-order valence-corrected chi connectivity index (χ0v) is 26.3. The largest absolute Gasteiger partial charge is 0.417 e. The molecular weight excluding hydrogens is 612 g/mol. The van der Waals surface area contributed by atoms with Gasteiger partial charge < -0.3 is 20.1 Å². The number of thiazole rings is 1. The fourth-order valence-corrected chi connectivity index (χ4v) is 7.00. The van der Waals surface area contributed by atoms with Gasteiger partial charge in [-0.3, -0.25) is 19.3 Å². The molecule has 2 N–H and O–H groups in total. The van der Waals surface area contributed by atoms with Crippen LogP contribution in [-0.2, 0) is 6.18 Å². The molecule has 1 aliphatic carbocycles. The summed E-state index contributed by atoms with van der Waals surface area (Å²) in [5.74, 6) is -2.00. The Labute approximate surface area is 262 Å². The minimum Gasteiger partial charge on any atom is -0.367 e. The van der Waals surface area contributed by atoms with Crippen LogP contribution < -0.4 is 15.8 Å². The average molecular weight is 649 g/mol. The number of H-pyrrole nitrogens is 1. The first-order valence-electron chi connectivity index (χ1n) is 14.9. The van der Waals surface area contributed by atoms with E-state index < -0.39 is 34.6 Å². The molecule has 2 aromatic heterocycles. The Kier molecular flexibility index (Phi) is 9.36. The van der Waals surface area contributed by atoms with Gasteiger partial charge in [-0.05, 0) is 39.8 Å². The van der Waals surface area contributed by atoms with E-state index in [4.69, 9.17) is 0 Å². The van der Waals surface area contributed by atoms with Crippen molar-refractivity contribution in [2.24, 2.45) is 0 Å². The molecule has 2 fully saturated rings. The number of aromatic nitrogens is 2. The Morgan fingerprint density at radius 3 is 2.40 bits per heavy atom. The van der Waals surface area contributed by atoms with E-state index in [-0.39, 0.29) is 40.3 Å². The molecule has 2 atom stereocenters. The summed E-state index contributed by atoms with van der Waals surface area (Å²) in [6.45, 7) is 4.94. The highest BCUT2D eigenvalue weighted by atomic mass is 32.1. The predicted octanol–water partition coefficient (Wildman–Crippen LogP) is 5.84. The maximum atomic E-state index is 15.9. The van der Waals surface area contributed by atoms with Crippen LogP contribution in [0.15, 0.2) is 35.4 Å². The first-order chi connectivity index (χ1) is 21.2. The van der Waals surface area contributed by atoms with Gasteiger partial charge in [0, 0.05) is 62.2 Å². The van der Waals surface area contributed by atoms with E-state index in [0.29, 0.717) is 35.9 Å². The predicted molar refractivity (Wildman–Crippen MR) is 165 cm³/mol.